The van der Waals surface area contributed by atoms with Crippen molar-refractivity contribution in [3.63, 3.8) is 0 Å². The van der Waals surface area contributed by atoms with E-state index in [4.69, 9.17) is 4.74 Å². The van der Waals surface area contributed by atoms with Crippen molar-refractivity contribution >= 4 is 5.91 Å². The maximum atomic E-state index is 10.9. The molecule has 0 aliphatic carbocycles. The van der Waals surface area contributed by atoms with E-state index in [-0.39, 0.29) is 5.91 Å². The van der Waals surface area contributed by atoms with Gasteiger partial charge in [-0.3, -0.25) is 4.79 Å². The molecule has 0 N–H and O–H groups in total. The lowest BCUT2D eigenvalue weighted by Crippen LogP contribution is -2.25. The minimum absolute atomic E-state index is 0.122. The van der Waals surface area contributed by atoms with E-state index >= 15 is 0 Å². The molecule has 0 rings (SSSR count). The summed E-state index contributed by atoms with van der Waals surface area (Å²) in [6.07, 6.45) is 4.59. The number of rotatable bonds is 9. The van der Waals surface area contributed by atoms with Crippen LogP contribution in [0.15, 0.2) is 0 Å². The van der Waals surface area contributed by atoms with Crippen molar-refractivity contribution in [1.29, 1.82) is 0 Å². The number of carbonyl (C=O) groups excluding carboxylic acids is 1. The second-order valence-electron chi connectivity index (χ2n) is 4.56. The summed E-state index contributed by atoms with van der Waals surface area (Å²) in [7, 11) is 1.82. The molecule has 1 amide bonds. The molecule has 0 aromatic rings. The monoisotopic (exact) mass is 229 g/mol. The van der Waals surface area contributed by atoms with Crippen LogP contribution in [0.25, 0.3) is 0 Å². The molecule has 0 aliphatic rings. The van der Waals surface area contributed by atoms with E-state index in [1.807, 2.05) is 7.05 Å². The molecule has 0 fully saturated rings. The third-order valence-electron chi connectivity index (χ3n) is 3.00. The van der Waals surface area contributed by atoms with Gasteiger partial charge >= 0.3 is 0 Å². The molecule has 0 aromatic heterocycles. The van der Waals surface area contributed by atoms with Gasteiger partial charge in [-0.15, -0.1) is 0 Å². The van der Waals surface area contributed by atoms with Crippen LogP contribution in [0.5, 0.6) is 0 Å². The number of amides is 1. The van der Waals surface area contributed by atoms with Crippen LogP contribution in [0.3, 0.4) is 0 Å². The highest BCUT2D eigenvalue weighted by atomic mass is 16.5. The topological polar surface area (TPSA) is 29.5 Å². The van der Waals surface area contributed by atoms with Crippen LogP contribution in [0.1, 0.15) is 46.5 Å². The second-order valence-corrected chi connectivity index (χ2v) is 4.56. The quantitative estimate of drug-likeness (QED) is 0.569. The maximum Gasteiger partial charge on any atom is 0.219 e. The Morgan fingerprint density at radius 3 is 2.50 bits per heavy atom. The zero-order valence-corrected chi connectivity index (χ0v) is 11.3. The van der Waals surface area contributed by atoms with E-state index in [1.54, 1.807) is 11.8 Å². The molecule has 16 heavy (non-hydrogen) atoms. The third-order valence-corrected chi connectivity index (χ3v) is 3.00. The van der Waals surface area contributed by atoms with Crippen molar-refractivity contribution < 1.29 is 9.53 Å². The van der Waals surface area contributed by atoms with Gasteiger partial charge in [0.2, 0.25) is 5.91 Å². The van der Waals surface area contributed by atoms with E-state index in [1.165, 1.54) is 12.8 Å². The van der Waals surface area contributed by atoms with Crippen molar-refractivity contribution in [3.05, 3.63) is 0 Å². The predicted molar refractivity (Wildman–Crippen MR) is 67.4 cm³/mol. The fourth-order valence-electron chi connectivity index (χ4n) is 1.40. The summed E-state index contributed by atoms with van der Waals surface area (Å²) in [5.74, 6) is 0.934. The number of ether oxygens (including phenoxy) is 1. The lowest BCUT2D eigenvalue weighted by atomic mass is 10.0. The van der Waals surface area contributed by atoms with E-state index in [9.17, 15) is 4.79 Å². The van der Waals surface area contributed by atoms with Crippen molar-refractivity contribution in [3.8, 4) is 0 Å². The minimum atomic E-state index is 0.122. The van der Waals surface area contributed by atoms with Crippen LogP contribution in [0, 0.1) is 5.92 Å². The van der Waals surface area contributed by atoms with Gasteiger partial charge in [0.25, 0.3) is 0 Å². The number of hydrogen-bond donors (Lipinski definition) is 0. The molecule has 3 nitrogen and oxygen atoms in total. The Balaban J connectivity index is 3.19. The summed E-state index contributed by atoms with van der Waals surface area (Å²) >= 11 is 0. The van der Waals surface area contributed by atoms with E-state index in [2.05, 4.69) is 13.8 Å². The fraction of sp³-hybridized carbons (Fsp3) is 0.923. The van der Waals surface area contributed by atoms with Gasteiger partial charge in [0.05, 0.1) is 0 Å². The zero-order chi connectivity index (χ0) is 12.4. The molecule has 1 atom stereocenters. The maximum absolute atomic E-state index is 10.9. The number of carbonyl (C=O) groups is 1. The van der Waals surface area contributed by atoms with Crippen LogP contribution in [-0.2, 0) is 9.53 Å². The smallest absolute Gasteiger partial charge is 0.219 e. The first-order chi connectivity index (χ1) is 7.57. The average molecular weight is 229 g/mol. The molecular formula is C13H27NO2. The largest absolute Gasteiger partial charge is 0.381 e. The normalized spacial score (nSPS) is 12.5. The minimum Gasteiger partial charge on any atom is -0.381 e. The molecule has 0 aliphatic heterocycles. The molecule has 0 heterocycles. The lowest BCUT2D eigenvalue weighted by molar-refractivity contribution is -0.127. The van der Waals surface area contributed by atoms with Gasteiger partial charge in [-0.2, -0.15) is 0 Å². The van der Waals surface area contributed by atoms with Crippen molar-refractivity contribution in [2.75, 3.05) is 26.8 Å². The van der Waals surface area contributed by atoms with Gasteiger partial charge in [0, 0.05) is 33.7 Å². The first-order valence-corrected chi connectivity index (χ1v) is 6.37. The van der Waals surface area contributed by atoms with E-state index in [0.717, 1.165) is 38.5 Å². The Morgan fingerprint density at radius 1 is 1.31 bits per heavy atom. The number of nitrogens with zero attached hydrogens (tertiary/aromatic N) is 1. The lowest BCUT2D eigenvalue weighted by Gasteiger charge is -2.14. The molecule has 0 saturated carbocycles. The Labute approximate surface area is 100 Å². The van der Waals surface area contributed by atoms with Crippen molar-refractivity contribution in [2.45, 2.75) is 46.5 Å². The first kappa shape index (κ1) is 15.4. The highest BCUT2D eigenvalue weighted by molar-refractivity contribution is 5.72. The molecule has 0 aromatic carbocycles. The van der Waals surface area contributed by atoms with Crippen LogP contribution in [0.2, 0.25) is 0 Å². The van der Waals surface area contributed by atoms with E-state index in [0.29, 0.717) is 0 Å². The predicted octanol–water partition coefficient (Wildman–Crippen LogP) is 2.70. The molecule has 1 unspecified atom stereocenters. The second kappa shape index (κ2) is 9.64. The summed E-state index contributed by atoms with van der Waals surface area (Å²) in [6.45, 7) is 8.50. The molecule has 0 radical (unpaired) electrons. The molecule has 96 valence electrons. The van der Waals surface area contributed by atoms with Gasteiger partial charge in [0.15, 0.2) is 0 Å². The number of hydrogen-bond acceptors (Lipinski definition) is 2. The standard InChI is InChI=1S/C13H27NO2/c1-5-12(2)8-6-10-16-11-7-9-14(4)13(3)15/h12H,5-11H2,1-4H3. The Morgan fingerprint density at radius 2 is 1.94 bits per heavy atom. The molecule has 3 heteroatoms. The van der Waals surface area contributed by atoms with Gasteiger partial charge < -0.3 is 9.64 Å². The summed E-state index contributed by atoms with van der Waals surface area (Å²) in [5, 5.41) is 0. The highest BCUT2D eigenvalue weighted by Gasteiger charge is 2.01. The third kappa shape index (κ3) is 8.72. The van der Waals surface area contributed by atoms with E-state index < -0.39 is 0 Å². The zero-order valence-electron chi connectivity index (χ0n) is 11.3. The highest BCUT2D eigenvalue weighted by Crippen LogP contribution is 2.08. The van der Waals surface area contributed by atoms with Gasteiger partial charge in [0.1, 0.15) is 0 Å². The molecule has 0 saturated heterocycles. The summed E-state index contributed by atoms with van der Waals surface area (Å²) in [4.78, 5) is 12.6. The van der Waals surface area contributed by atoms with Crippen LogP contribution in [0.4, 0.5) is 0 Å². The summed E-state index contributed by atoms with van der Waals surface area (Å²) in [5.41, 5.74) is 0. The Hall–Kier alpha value is -0.570. The van der Waals surface area contributed by atoms with Gasteiger partial charge in [-0.25, -0.2) is 0 Å². The van der Waals surface area contributed by atoms with Crippen LogP contribution in [-0.4, -0.2) is 37.6 Å². The Bertz CT molecular complexity index is 183. The fourth-order valence-corrected chi connectivity index (χ4v) is 1.40. The first-order valence-electron chi connectivity index (χ1n) is 6.37. The molecular weight excluding hydrogens is 202 g/mol. The van der Waals surface area contributed by atoms with Gasteiger partial charge in [-0.05, 0) is 25.2 Å². The van der Waals surface area contributed by atoms with Crippen molar-refractivity contribution in [1.82, 2.24) is 4.90 Å². The average Bonchev–Trinajstić information content (AvgIpc) is 2.26. The van der Waals surface area contributed by atoms with Gasteiger partial charge in [-0.1, -0.05) is 20.3 Å². The van der Waals surface area contributed by atoms with Crippen LogP contribution >= 0.6 is 0 Å². The SMILES string of the molecule is CCC(C)CCCOCCCN(C)C(C)=O. The molecule has 0 spiro atoms. The molecule has 0 bridgehead atoms. The summed E-state index contributed by atoms with van der Waals surface area (Å²) < 4.78 is 5.52. The van der Waals surface area contributed by atoms with Crippen molar-refractivity contribution in [2.24, 2.45) is 5.92 Å². The van der Waals surface area contributed by atoms with Crippen LogP contribution < -0.4 is 0 Å². The Kier molecular flexibility index (Phi) is 9.30. The summed E-state index contributed by atoms with van der Waals surface area (Å²) in [6, 6.07) is 0.